The third kappa shape index (κ3) is 4.98. The lowest BCUT2D eigenvalue weighted by molar-refractivity contribution is -0.385. The van der Waals surface area contributed by atoms with Crippen molar-refractivity contribution in [1.29, 1.82) is 0 Å². The van der Waals surface area contributed by atoms with Gasteiger partial charge in [0, 0.05) is 25.8 Å². The molecule has 2 N–H and O–H groups in total. The topological polar surface area (TPSA) is 115 Å². The summed E-state index contributed by atoms with van der Waals surface area (Å²) in [5.41, 5.74) is 4.13. The second kappa shape index (κ2) is 9.00. The Morgan fingerprint density at radius 1 is 1.28 bits per heavy atom. The molecule has 0 aliphatic rings. The maximum absolute atomic E-state index is 10.7. The van der Waals surface area contributed by atoms with Gasteiger partial charge in [0.2, 0.25) is 0 Å². The molecule has 0 radical (unpaired) electrons. The fraction of sp³-hybridized carbons (Fsp3) is 0.316. The van der Waals surface area contributed by atoms with Crippen molar-refractivity contribution >= 4 is 11.6 Å². The van der Waals surface area contributed by atoms with E-state index in [0.29, 0.717) is 25.6 Å². The first-order valence-corrected chi connectivity index (χ1v) is 9.21. The summed E-state index contributed by atoms with van der Waals surface area (Å²) in [6.45, 7) is 5.59. The van der Waals surface area contributed by atoms with Crippen LogP contribution in [0, 0.1) is 24.0 Å². The molecule has 0 atom stereocenters. The molecule has 0 aliphatic heterocycles. The van der Waals surface area contributed by atoms with Crippen molar-refractivity contribution in [2.24, 2.45) is 4.99 Å². The van der Waals surface area contributed by atoms with Gasteiger partial charge in [0.15, 0.2) is 5.96 Å². The zero-order chi connectivity index (χ0) is 20.8. The zero-order valence-corrected chi connectivity index (χ0v) is 16.7. The molecule has 3 rings (SSSR count). The van der Waals surface area contributed by atoms with Crippen LogP contribution in [0.4, 0.5) is 5.69 Å². The van der Waals surface area contributed by atoms with Crippen LogP contribution in [-0.4, -0.2) is 44.0 Å². The van der Waals surface area contributed by atoms with E-state index in [1.807, 2.05) is 42.8 Å². The van der Waals surface area contributed by atoms with E-state index in [0.717, 1.165) is 22.6 Å². The minimum atomic E-state index is -0.461. The third-order valence-corrected chi connectivity index (χ3v) is 4.36. The van der Waals surface area contributed by atoms with Gasteiger partial charge in [0.25, 0.3) is 0 Å². The van der Waals surface area contributed by atoms with E-state index in [4.69, 9.17) is 0 Å². The van der Waals surface area contributed by atoms with Gasteiger partial charge in [0.1, 0.15) is 12.4 Å². The van der Waals surface area contributed by atoms with E-state index in [9.17, 15) is 10.1 Å². The Bertz CT molecular complexity index is 1020. The van der Waals surface area contributed by atoms with Crippen molar-refractivity contribution in [1.82, 2.24) is 30.2 Å². The Morgan fingerprint density at radius 3 is 2.72 bits per heavy atom. The molecule has 0 fully saturated rings. The number of aryl methyl sites for hydroxylation is 2. The number of benzene rings is 1. The van der Waals surface area contributed by atoms with Crippen LogP contribution in [0.3, 0.4) is 0 Å². The highest BCUT2D eigenvalue weighted by Crippen LogP contribution is 2.16. The number of para-hydroxylation sites is 1. The fourth-order valence-corrected chi connectivity index (χ4v) is 3.00. The summed E-state index contributed by atoms with van der Waals surface area (Å²) in [7, 11) is 1.70. The lowest BCUT2D eigenvalue weighted by Gasteiger charge is -2.15. The van der Waals surface area contributed by atoms with Crippen molar-refractivity contribution < 1.29 is 4.92 Å². The minimum absolute atomic E-state index is 0.0201. The molecular weight excluding hydrogens is 372 g/mol. The van der Waals surface area contributed by atoms with E-state index in [-0.39, 0.29) is 5.69 Å². The Balaban J connectivity index is 1.58. The highest BCUT2D eigenvalue weighted by molar-refractivity contribution is 5.79. The van der Waals surface area contributed by atoms with Gasteiger partial charge in [-0.1, -0.05) is 18.2 Å². The molecule has 2 aromatic heterocycles. The highest BCUT2D eigenvalue weighted by atomic mass is 16.6. The van der Waals surface area contributed by atoms with E-state index < -0.39 is 4.92 Å². The van der Waals surface area contributed by atoms with Crippen molar-refractivity contribution in [3.05, 3.63) is 69.8 Å². The summed E-state index contributed by atoms with van der Waals surface area (Å²) in [5, 5.41) is 25.7. The van der Waals surface area contributed by atoms with Gasteiger partial charge in [0.05, 0.1) is 22.8 Å². The number of nitrogens with zero attached hydrogens (tertiary/aromatic N) is 6. The number of nitrogens with one attached hydrogen (secondary N) is 2. The molecule has 2 heterocycles. The number of hydrogen-bond donors (Lipinski definition) is 2. The number of guanidine groups is 1. The van der Waals surface area contributed by atoms with Gasteiger partial charge in [-0.25, -0.2) is 4.68 Å². The van der Waals surface area contributed by atoms with Crippen LogP contribution < -0.4 is 10.6 Å². The molecule has 1 aromatic carbocycles. The molecule has 10 nitrogen and oxygen atoms in total. The smallest absolute Gasteiger partial charge is 0.306 e. The number of rotatable bonds is 7. The molecule has 0 saturated heterocycles. The second-order valence-electron chi connectivity index (χ2n) is 6.54. The first-order valence-electron chi connectivity index (χ1n) is 9.21. The molecule has 0 saturated carbocycles. The molecular formula is C19H24N8O2. The minimum Gasteiger partial charge on any atom is -0.355 e. The van der Waals surface area contributed by atoms with Gasteiger partial charge in [-0.3, -0.25) is 19.8 Å². The molecule has 0 spiro atoms. The Labute approximate surface area is 168 Å². The van der Waals surface area contributed by atoms with Crippen molar-refractivity contribution in [3.63, 3.8) is 0 Å². The molecule has 3 aromatic rings. The quantitative estimate of drug-likeness (QED) is 0.273. The molecule has 0 amide bonds. The van der Waals surface area contributed by atoms with Crippen LogP contribution in [-0.2, 0) is 13.1 Å². The van der Waals surface area contributed by atoms with Crippen LogP contribution in [0.5, 0.6) is 0 Å². The lowest BCUT2D eigenvalue weighted by Crippen LogP contribution is -2.38. The van der Waals surface area contributed by atoms with E-state index in [2.05, 4.69) is 31.9 Å². The van der Waals surface area contributed by atoms with Crippen LogP contribution in [0.25, 0.3) is 5.69 Å². The summed E-state index contributed by atoms with van der Waals surface area (Å²) in [6.07, 6.45) is 2.64. The number of aromatic nitrogens is 4. The molecule has 29 heavy (non-hydrogen) atoms. The summed E-state index contributed by atoms with van der Waals surface area (Å²) in [4.78, 5) is 14.5. The monoisotopic (exact) mass is 396 g/mol. The maximum Gasteiger partial charge on any atom is 0.306 e. The first-order chi connectivity index (χ1) is 14.0. The van der Waals surface area contributed by atoms with Crippen molar-refractivity contribution in [3.8, 4) is 5.69 Å². The molecule has 0 unspecified atom stereocenters. The summed E-state index contributed by atoms with van der Waals surface area (Å²) < 4.78 is 3.46. The van der Waals surface area contributed by atoms with Gasteiger partial charge in [-0.2, -0.15) is 10.2 Å². The first kappa shape index (κ1) is 20.1. The Morgan fingerprint density at radius 2 is 2.07 bits per heavy atom. The van der Waals surface area contributed by atoms with Crippen LogP contribution in [0.2, 0.25) is 0 Å². The second-order valence-corrected chi connectivity index (χ2v) is 6.54. The SMILES string of the molecule is CN=C(NCCn1cc([N+](=O)[O-])cn1)NCc1ccccc1-n1nc(C)cc1C. The van der Waals surface area contributed by atoms with Gasteiger partial charge >= 0.3 is 5.69 Å². The standard InChI is InChI=1S/C19H24N8O2/c1-14-10-15(2)26(24-14)18-7-5-4-6-16(18)11-22-19(20-3)21-8-9-25-13-17(12-23-25)27(28)29/h4-7,10,12-13H,8-9,11H2,1-3H3,(H2,20,21,22). The van der Waals surface area contributed by atoms with E-state index in [1.54, 1.807) is 7.05 Å². The maximum atomic E-state index is 10.7. The van der Waals surface area contributed by atoms with Crippen LogP contribution in [0.15, 0.2) is 47.7 Å². The third-order valence-electron chi connectivity index (χ3n) is 4.36. The number of aliphatic imine (C=N–C) groups is 1. The largest absolute Gasteiger partial charge is 0.355 e. The Hall–Kier alpha value is -3.69. The molecule has 152 valence electrons. The number of hydrogen-bond acceptors (Lipinski definition) is 5. The normalized spacial score (nSPS) is 11.5. The zero-order valence-electron chi connectivity index (χ0n) is 16.7. The Kier molecular flexibility index (Phi) is 6.22. The van der Waals surface area contributed by atoms with Gasteiger partial charge in [-0.15, -0.1) is 0 Å². The lowest BCUT2D eigenvalue weighted by atomic mass is 10.1. The molecule has 0 bridgehead atoms. The van der Waals surface area contributed by atoms with Gasteiger partial charge in [-0.05, 0) is 31.5 Å². The molecule has 0 aliphatic carbocycles. The average Bonchev–Trinajstić information content (AvgIpc) is 3.31. The fourth-order valence-electron chi connectivity index (χ4n) is 3.00. The average molecular weight is 396 g/mol. The number of nitro groups is 1. The van der Waals surface area contributed by atoms with Crippen molar-refractivity contribution in [2.75, 3.05) is 13.6 Å². The van der Waals surface area contributed by atoms with E-state index >= 15 is 0 Å². The van der Waals surface area contributed by atoms with Crippen LogP contribution in [0.1, 0.15) is 17.0 Å². The predicted molar refractivity (Wildman–Crippen MR) is 110 cm³/mol. The van der Waals surface area contributed by atoms with Gasteiger partial charge < -0.3 is 10.6 Å². The molecule has 10 heteroatoms. The van der Waals surface area contributed by atoms with Crippen LogP contribution >= 0.6 is 0 Å². The van der Waals surface area contributed by atoms with E-state index in [1.165, 1.54) is 17.1 Å². The highest BCUT2D eigenvalue weighted by Gasteiger charge is 2.10. The summed E-state index contributed by atoms with van der Waals surface area (Å²) in [5.74, 6) is 0.634. The summed E-state index contributed by atoms with van der Waals surface area (Å²) in [6, 6.07) is 10.1. The summed E-state index contributed by atoms with van der Waals surface area (Å²) >= 11 is 0. The van der Waals surface area contributed by atoms with Crippen molar-refractivity contribution in [2.45, 2.75) is 26.9 Å². The predicted octanol–water partition coefficient (Wildman–Crippen LogP) is 1.96.